The van der Waals surface area contributed by atoms with Crippen LogP contribution in [0.2, 0.25) is 0 Å². The van der Waals surface area contributed by atoms with E-state index in [0.29, 0.717) is 0 Å². The molecule has 8 heteroatoms. The van der Waals surface area contributed by atoms with Crippen LogP contribution < -0.4 is 0 Å². The van der Waals surface area contributed by atoms with Crippen LogP contribution >= 0.6 is 0 Å². The Bertz CT molecular complexity index is 267. The van der Waals surface area contributed by atoms with Gasteiger partial charge in [-0.15, -0.1) is 0 Å². The lowest BCUT2D eigenvalue weighted by molar-refractivity contribution is -0.0982. The molecule has 92 valence electrons. The maximum absolute atomic E-state index is 10.4. The molecule has 0 amide bonds. The van der Waals surface area contributed by atoms with Crippen LogP contribution in [0, 0.1) is 0 Å². The zero-order chi connectivity index (χ0) is 12.2. The lowest BCUT2D eigenvalue weighted by Crippen LogP contribution is -2.46. The highest BCUT2D eigenvalue weighted by atomic mass is 32.2. The molecule has 3 atom stereocenters. The van der Waals surface area contributed by atoms with E-state index in [1.807, 2.05) is 0 Å². The standard InChI is InChI=1S/C7H17NO6S/c1-5(9)8(6(2)10)3-7(11)4-15(12,13)14/h5-7,9-11H,3-4H2,1-2H3,(H,12,13,14). The van der Waals surface area contributed by atoms with Crippen molar-refractivity contribution in [1.82, 2.24) is 4.90 Å². The van der Waals surface area contributed by atoms with Crippen molar-refractivity contribution in [2.75, 3.05) is 12.3 Å². The summed E-state index contributed by atoms with van der Waals surface area (Å²) in [7, 11) is -4.26. The Hall–Kier alpha value is -0.250. The van der Waals surface area contributed by atoms with Gasteiger partial charge in [-0.1, -0.05) is 0 Å². The van der Waals surface area contributed by atoms with Crippen molar-refractivity contribution in [2.45, 2.75) is 32.4 Å². The molecule has 0 saturated carbocycles. The van der Waals surface area contributed by atoms with Crippen LogP contribution in [0.25, 0.3) is 0 Å². The number of aliphatic hydroxyl groups excluding tert-OH is 3. The minimum Gasteiger partial charge on any atom is -0.391 e. The first-order valence-electron chi connectivity index (χ1n) is 4.38. The van der Waals surface area contributed by atoms with E-state index >= 15 is 0 Å². The van der Waals surface area contributed by atoms with E-state index in [1.165, 1.54) is 13.8 Å². The lowest BCUT2D eigenvalue weighted by atomic mass is 10.3. The third kappa shape index (κ3) is 6.77. The van der Waals surface area contributed by atoms with Gasteiger partial charge < -0.3 is 15.3 Å². The molecule has 0 bridgehead atoms. The van der Waals surface area contributed by atoms with Crippen LogP contribution in [-0.2, 0) is 10.1 Å². The number of aliphatic hydroxyl groups is 3. The van der Waals surface area contributed by atoms with Gasteiger partial charge in [0.15, 0.2) is 0 Å². The normalized spacial score (nSPS) is 18.9. The second kappa shape index (κ2) is 5.73. The van der Waals surface area contributed by atoms with Gasteiger partial charge in [-0.25, -0.2) is 0 Å². The molecule has 0 aromatic carbocycles. The average Bonchev–Trinajstić information content (AvgIpc) is 1.95. The first-order valence-corrected chi connectivity index (χ1v) is 5.99. The third-order valence-electron chi connectivity index (χ3n) is 1.78. The van der Waals surface area contributed by atoms with Gasteiger partial charge in [-0.3, -0.25) is 9.45 Å². The topological polar surface area (TPSA) is 118 Å². The maximum Gasteiger partial charge on any atom is 0.267 e. The van der Waals surface area contributed by atoms with Crippen molar-refractivity contribution in [3.05, 3.63) is 0 Å². The highest BCUT2D eigenvalue weighted by Gasteiger charge is 2.22. The minimum atomic E-state index is -4.26. The van der Waals surface area contributed by atoms with E-state index in [1.54, 1.807) is 0 Å². The first-order chi connectivity index (χ1) is 6.63. The molecule has 0 spiro atoms. The molecule has 3 unspecified atom stereocenters. The van der Waals surface area contributed by atoms with Crippen LogP contribution in [-0.4, -0.2) is 64.0 Å². The van der Waals surface area contributed by atoms with E-state index in [0.717, 1.165) is 4.90 Å². The highest BCUT2D eigenvalue weighted by molar-refractivity contribution is 7.85. The minimum absolute atomic E-state index is 0.255. The third-order valence-corrected chi connectivity index (χ3v) is 2.59. The number of rotatable bonds is 6. The molecule has 0 aromatic rings. The molecule has 0 rings (SSSR count). The Morgan fingerprint density at radius 3 is 1.80 bits per heavy atom. The van der Waals surface area contributed by atoms with Gasteiger partial charge in [-0.2, -0.15) is 8.42 Å². The summed E-state index contributed by atoms with van der Waals surface area (Å²) >= 11 is 0. The molecule has 0 saturated heterocycles. The van der Waals surface area contributed by atoms with Crippen LogP contribution in [0.15, 0.2) is 0 Å². The fourth-order valence-electron chi connectivity index (χ4n) is 1.16. The van der Waals surface area contributed by atoms with Crippen molar-refractivity contribution in [3.8, 4) is 0 Å². The summed E-state index contributed by atoms with van der Waals surface area (Å²) in [5.74, 6) is -0.830. The fourth-order valence-corrected chi connectivity index (χ4v) is 1.75. The van der Waals surface area contributed by atoms with Crippen molar-refractivity contribution in [3.63, 3.8) is 0 Å². The Morgan fingerprint density at radius 1 is 1.13 bits per heavy atom. The average molecular weight is 243 g/mol. The van der Waals surface area contributed by atoms with Crippen LogP contribution in [0.4, 0.5) is 0 Å². The second-order valence-electron chi connectivity index (χ2n) is 3.36. The molecule has 0 aromatic heterocycles. The Labute approximate surface area is 88.7 Å². The maximum atomic E-state index is 10.4. The van der Waals surface area contributed by atoms with Crippen LogP contribution in [0.1, 0.15) is 13.8 Å². The molecule has 4 N–H and O–H groups in total. The molecule has 15 heavy (non-hydrogen) atoms. The summed E-state index contributed by atoms with van der Waals surface area (Å²) in [6, 6.07) is 0. The number of hydrogen-bond donors (Lipinski definition) is 4. The summed E-state index contributed by atoms with van der Waals surface area (Å²) in [6.45, 7) is 2.48. The quantitative estimate of drug-likeness (QED) is 0.321. The predicted octanol–water partition coefficient (Wildman–Crippen LogP) is -1.79. The van der Waals surface area contributed by atoms with Crippen molar-refractivity contribution in [2.24, 2.45) is 0 Å². The van der Waals surface area contributed by atoms with E-state index in [2.05, 4.69) is 0 Å². The number of nitrogens with zero attached hydrogens (tertiary/aromatic N) is 1. The van der Waals surface area contributed by atoms with Crippen molar-refractivity contribution >= 4 is 10.1 Å². The summed E-state index contributed by atoms with van der Waals surface area (Å²) in [5, 5.41) is 27.6. The molecular weight excluding hydrogens is 226 g/mol. The molecule has 7 nitrogen and oxygen atoms in total. The van der Waals surface area contributed by atoms with Gasteiger partial charge in [0, 0.05) is 6.54 Å². The smallest absolute Gasteiger partial charge is 0.267 e. The SMILES string of the molecule is CC(O)N(CC(O)CS(=O)(=O)O)C(C)O. The van der Waals surface area contributed by atoms with Gasteiger partial charge in [0.25, 0.3) is 10.1 Å². The van der Waals surface area contributed by atoms with Gasteiger partial charge in [0.1, 0.15) is 18.2 Å². The molecule has 0 aliphatic heterocycles. The van der Waals surface area contributed by atoms with Gasteiger partial charge in [0.2, 0.25) is 0 Å². The van der Waals surface area contributed by atoms with E-state index in [9.17, 15) is 23.7 Å². The summed E-state index contributed by atoms with van der Waals surface area (Å²) in [6.07, 6.45) is -3.42. The summed E-state index contributed by atoms with van der Waals surface area (Å²) < 4.78 is 29.3. The molecule has 0 aliphatic rings. The van der Waals surface area contributed by atoms with E-state index < -0.39 is 34.4 Å². The van der Waals surface area contributed by atoms with Gasteiger partial charge in [-0.05, 0) is 13.8 Å². The molecule has 0 aliphatic carbocycles. The molecule has 0 heterocycles. The zero-order valence-electron chi connectivity index (χ0n) is 8.61. The predicted molar refractivity (Wildman–Crippen MR) is 52.5 cm³/mol. The zero-order valence-corrected chi connectivity index (χ0v) is 9.42. The molecular formula is C7H17NO6S. The van der Waals surface area contributed by atoms with Crippen molar-refractivity contribution < 1.29 is 28.3 Å². The Balaban J connectivity index is 4.30. The monoisotopic (exact) mass is 243 g/mol. The highest BCUT2D eigenvalue weighted by Crippen LogP contribution is 2.04. The Morgan fingerprint density at radius 2 is 1.53 bits per heavy atom. The summed E-state index contributed by atoms with van der Waals surface area (Å²) in [4.78, 5) is 1.08. The lowest BCUT2D eigenvalue weighted by Gasteiger charge is -2.29. The molecule has 0 fully saturated rings. The summed E-state index contributed by atoms with van der Waals surface area (Å²) in [5.41, 5.74) is 0. The second-order valence-corrected chi connectivity index (χ2v) is 4.86. The van der Waals surface area contributed by atoms with E-state index in [-0.39, 0.29) is 6.54 Å². The van der Waals surface area contributed by atoms with E-state index in [4.69, 9.17) is 4.55 Å². The van der Waals surface area contributed by atoms with Crippen molar-refractivity contribution in [1.29, 1.82) is 0 Å². The largest absolute Gasteiger partial charge is 0.391 e. The van der Waals surface area contributed by atoms with Crippen LogP contribution in [0.3, 0.4) is 0 Å². The van der Waals surface area contributed by atoms with Crippen LogP contribution in [0.5, 0.6) is 0 Å². The fraction of sp³-hybridized carbons (Fsp3) is 1.00. The Kier molecular flexibility index (Phi) is 5.63. The first kappa shape index (κ1) is 14.8. The van der Waals surface area contributed by atoms with Gasteiger partial charge >= 0.3 is 0 Å². The molecule has 0 radical (unpaired) electrons. The number of hydrogen-bond acceptors (Lipinski definition) is 6. The van der Waals surface area contributed by atoms with Gasteiger partial charge in [0.05, 0.1) is 6.10 Å².